The molecule has 2 nitrogen and oxygen atoms in total. The highest BCUT2D eigenvalue weighted by atomic mass is 16.1. The number of benzene rings is 2. The van der Waals surface area contributed by atoms with Gasteiger partial charge in [-0.05, 0) is 30.7 Å². The molecule has 2 heteroatoms. The number of hydrogen-bond acceptors (Lipinski definition) is 2. The van der Waals surface area contributed by atoms with Crippen molar-refractivity contribution < 1.29 is 4.79 Å². The van der Waals surface area contributed by atoms with Gasteiger partial charge in [0, 0.05) is 23.4 Å². The van der Waals surface area contributed by atoms with Gasteiger partial charge in [0.1, 0.15) is 0 Å². The first kappa shape index (κ1) is 15.3. The minimum Gasteiger partial charge on any atom is -0.385 e. The highest BCUT2D eigenvalue weighted by Crippen LogP contribution is 2.14. The van der Waals surface area contributed by atoms with Crippen molar-refractivity contribution in [2.24, 2.45) is 0 Å². The summed E-state index contributed by atoms with van der Waals surface area (Å²) in [7, 11) is 0. The van der Waals surface area contributed by atoms with E-state index in [1.54, 1.807) is 0 Å². The van der Waals surface area contributed by atoms with Crippen molar-refractivity contribution in [1.82, 2.24) is 0 Å². The summed E-state index contributed by atoms with van der Waals surface area (Å²) in [5.41, 5.74) is 2.55. The lowest BCUT2D eigenvalue weighted by Crippen LogP contribution is -2.03. The fourth-order valence-electron chi connectivity index (χ4n) is 2.28. The second-order valence-corrected chi connectivity index (χ2v) is 5.26. The second-order valence-electron chi connectivity index (χ2n) is 5.26. The predicted molar refractivity (Wildman–Crippen MR) is 88.9 cm³/mol. The van der Waals surface area contributed by atoms with Crippen molar-refractivity contribution in [2.75, 3.05) is 11.9 Å². The highest BCUT2D eigenvalue weighted by Gasteiger charge is 2.07. The van der Waals surface area contributed by atoms with Gasteiger partial charge >= 0.3 is 0 Å². The molecule has 21 heavy (non-hydrogen) atoms. The molecule has 0 saturated carbocycles. The lowest BCUT2D eigenvalue weighted by atomic mass is 10.0. The fourth-order valence-corrected chi connectivity index (χ4v) is 2.28. The van der Waals surface area contributed by atoms with Crippen LogP contribution in [0.3, 0.4) is 0 Å². The molecular formula is C19H23NO. The van der Waals surface area contributed by atoms with Gasteiger partial charge in [-0.3, -0.25) is 4.79 Å². The maximum Gasteiger partial charge on any atom is 0.193 e. The molecule has 0 unspecified atom stereocenters. The summed E-state index contributed by atoms with van der Waals surface area (Å²) in [4.78, 5) is 12.3. The molecule has 1 N–H and O–H groups in total. The first-order chi connectivity index (χ1) is 10.3. The molecule has 2 rings (SSSR count). The Kier molecular flexibility index (Phi) is 6.01. The average Bonchev–Trinajstić information content (AvgIpc) is 2.55. The second kappa shape index (κ2) is 8.25. The van der Waals surface area contributed by atoms with Gasteiger partial charge in [-0.2, -0.15) is 0 Å². The molecule has 0 fully saturated rings. The third kappa shape index (κ3) is 4.75. The fraction of sp³-hybridized carbons (Fsp3) is 0.316. The summed E-state index contributed by atoms with van der Waals surface area (Å²) >= 11 is 0. The number of nitrogens with one attached hydrogen (secondary N) is 1. The van der Waals surface area contributed by atoms with E-state index in [2.05, 4.69) is 12.2 Å². The van der Waals surface area contributed by atoms with E-state index in [9.17, 15) is 4.79 Å². The normalized spacial score (nSPS) is 10.3. The Balaban J connectivity index is 1.88. The smallest absolute Gasteiger partial charge is 0.193 e. The molecule has 2 aromatic carbocycles. The first-order valence-corrected chi connectivity index (χ1v) is 7.75. The summed E-state index contributed by atoms with van der Waals surface area (Å²) in [6.45, 7) is 3.21. The quantitative estimate of drug-likeness (QED) is 0.550. The third-order valence-electron chi connectivity index (χ3n) is 3.54. The Morgan fingerprint density at radius 1 is 0.857 bits per heavy atom. The lowest BCUT2D eigenvalue weighted by Gasteiger charge is -2.07. The van der Waals surface area contributed by atoms with Crippen LogP contribution in [0.25, 0.3) is 0 Å². The maximum atomic E-state index is 12.3. The van der Waals surface area contributed by atoms with Crippen LogP contribution in [0.4, 0.5) is 5.69 Å². The number of unbranched alkanes of at least 4 members (excludes halogenated alkanes) is 3. The first-order valence-electron chi connectivity index (χ1n) is 7.75. The number of anilines is 1. The number of hydrogen-bond donors (Lipinski definition) is 1. The minimum absolute atomic E-state index is 0.0742. The summed E-state index contributed by atoms with van der Waals surface area (Å²) in [5, 5.41) is 3.40. The molecule has 0 spiro atoms. The van der Waals surface area contributed by atoms with Crippen molar-refractivity contribution in [3.63, 3.8) is 0 Å². The van der Waals surface area contributed by atoms with Gasteiger partial charge in [-0.25, -0.2) is 0 Å². The zero-order valence-corrected chi connectivity index (χ0v) is 12.6. The number of rotatable bonds is 8. The van der Waals surface area contributed by atoms with E-state index in [1.165, 1.54) is 25.7 Å². The SMILES string of the molecule is CCCCCCNc1ccc(C(=O)c2ccccc2)cc1. The Labute approximate surface area is 127 Å². The largest absolute Gasteiger partial charge is 0.385 e. The third-order valence-corrected chi connectivity index (χ3v) is 3.54. The van der Waals surface area contributed by atoms with E-state index in [0.717, 1.165) is 23.4 Å². The minimum atomic E-state index is 0.0742. The maximum absolute atomic E-state index is 12.3. The van der Waals surface area contributed by atoms with Gasteiger partial charge in [0.15, 0.2) is 5.78 Å². The molecule has 110 valence electrons. The van der Waals surface area contributed by atoms with Crippen molar-refractivity contribution in [3.8, 4) is 0 Å². The molecule has 0 radical (unpaired) electrons. The molecule has 0 aliphatic heterocycles. The van der Waals surface area contributed by atoms with Crippen molar-refractivity contribution >= 4 is 11.5 Å². The van der Waals surface area contributed by atoms with Gasteiger partial charge in [0.25, 0.3) is 0 Å². The van der Waals surface area contributed by atoms with Crippen LogP contribution in [0.2, 0.25) is 0 Å². The van der Waals surface area contributed by atoms with E-state index >= 15 is 0 Å². The van der Waals surface area contributed by atoms with Crippen LogP contribution in [0.1, 0.15) is 48.5 Å². The van der Waals surface area contributed by atoms with Crippen molar-refractivity contribution in [1.29, 1.82) is 0 Å². The number of ketones is 1. The number of carbonyl (C=O) groups excluding carboxylic acids is 1. The van der Waals surface area contributed by atoms with Gasteiger partial charge in [0.05, 0.1) is 0 Å². The molecule has 0 saturated heterocycles. The molecular weight excluding hydrogens is 258 g/mol. The van der Waals surface area contributed by atoms with Gasteiger partial charge in [0.2, 0.25) is 0 Å². The Hall–Kier alpha value is -2.09. The monoisotopic (exact) mass is 281 g/mol. The molecule has 0 bridgehead atoms. The summed E-state index contributed by atoms with van der Waals surface area (Å²) in [6.07, 6.45) is 5.02. The summed E-state index contributed by atoms with van der Waals surface area (Å²) in [6, 6.07) is 17.1. The summed E-state index contributed by atoms with van der Waals surface area (Å²) in [5.74, 6) is 0.0742. The molecule has 0 heterocycles. The van der Waals surface area contributed by atoms with E-state index < -0.39 is 0 Å². The Bertz CT molecular complexity index is 546. The van der Waals surface area contributed by atoms with Crippen LogP contribution in [0.15, 0.2) is 54.6 Å². The molecule has 0 aliphatic rings. The van der Waals surface area contributed by atoms with Crippen LogP contribution >= 0.6 is 0 Å². The van der Waals surface area contributed by atoms with Gasteiger partial charge in [-0.1, -0.05) is 56.5 Å². The van der Waals surface area contributed by atoms with E-state index in [0.29, 0.717) is 0 Å². The van der Waals surface area contributed by atoms with Crippen LogP contribution < -0.4 is 5.32 Å². The van der Waals surface area contributed by atoms with Gasteiger partial charge in [-0.15, -0.1) is 0 Å². The molecule has 0 aromatic heterocycles. The summed E-state index contributed by atoms with van der Waals surface area (Å²) < 4.78 is 0. The molecule has 2 aromatic rings. The van der Waals surface area contributed by atoms with Crippen molar-refractivity contribution in [3.05, 3.63) is 65.7 Å². The standard InChI is InChI=1S/C19H23NO/c1-2-3-4-8-15-20-18-13-11-17(12-14-18)19(21)16-9-6-5-7-10-16/h5-7,9-14,20H,2-4,8,15H2,1H3. The Morgan fingerprint density at radius 3 is 2.19 bits per heavy atom. The van der Waals surface area contributed by atoms with Crippen LogP contribution in [0, 0.1) is 0 Å². The van der Waals surface area contributed by atoms with Crippen LogP contribution in [-0.2, 0) is 0 Å². The lowest BCUT2D eigenvalue weighted by molar-refractivity contribution is 0.103. The van der Waals surface area contributed by atoms with E-state index in [4.69, 9.17) is 0 Å². The zero-order valence-electron chi connectivity index (χ0n) is 12.6. The average molecular weight is 281 g/mol. The van der Waals surface area contributed by atoms with E-state index in [-0.39, 0.29) is 5.78 Å². The highest BCUT2D eigenvalue weighted by molar-refractivity contribution is 6.09. The van der Waals surface area contributed by atoms with Gasteiger partial charge < -0.3 is 5.32 Å². The predicted octanol–water partition coefficient (Wildman–Crippen LogP) is 4.91. The molecule has 0 amide bonds. The molecule has 0 atom stereocenters. The van der Waals surface area contributed by atoms with Crippen LogP contribution in [-0.4, -0.2) is 12.3 Å². The number of carbonyl (C=O) groups is 1. The molecule has 0 aliphatic carbocycles. The van der Waals surface area contributed by atoms with E-state index in [1.807, 2.05) is 54.6 Å². The Morgan fingerprint density at radius 2 is 1.52 bits per heavy atom. The zero-order chi connectivity index (χ0) is 14.9. The topological polar surface area (TPSA) is 29.1 Å². The van der Waals surface area contributed by atoms with Crippen LogP contribution in [0.5, 0.6) is 0 Å². The van der Waals surface area contributed by atoms with Crippen molar-refractivity contribution in [2.45, 2.75) is 32.6 Å².